The number of aryl methyl sites for hydroxylation is 1. The third kappa shape index (κ3) is 2.67. The molecule has 3 rings (SSSR count). The molecule has 1 amide bonds. The van der Waals surface area contributed by atoms with Crippen LogP contribution in [0.15, 0.2) is 30.3 Å². The van der Waals surface area contributed by atoms with Crippen molar-refractivity contribution in [1.82, 2.24) is 10.3 Å². The topological polar surface area (TPSA) is 42.0 Å². The summed E-state index contributed by atoms with van der Waals surface area (Å²) in [4.78, 5) is 17.0. The lowest BCUT2D eigenvalue weighted by Gasteiger charge is -2.23. The zero-order valence-electron chi connectivity index (χ0n) is 11.9. The molecule has 2 aromatic rings. The Morgan fingerprint density at radius 3 is 2.75 bits per heavy atom. The lowest BCUT2D eigenvalue weighted by Crippen LogP contribution is -2.36. The quantitative estimate of drug-likeness (QED) is 0.904. The van der Waals surface area contributed by atoms with E-state index in [9.17, 15) is 4.79 Å². The van der Waals surface area contributed by atoms with Crippen LogP contribution in [0.1, 0.15) is 48.2 Å². The van der Waals surface area contributed by atoms with Crippen LogP contribution in [-0.2, 0) is 0 Å². The van der Waals surface area contributed by atoms with Crippen molar-refractivity contribution in [2.45, 2.75) is 45.1 Å². The first-order valence-corrected chi connectivity index (χ1v) is 7.41. The van der Waals surface area contributed by atoms with E-state index in [1.165, 1.54) is 19.3 Å². The highest BCUT2D eigenvalue weighted by atomic mass is 16.1. The molecule has 1 aliphatic rings. The smallest absolute Gasteiger partial charge is 0.253 e. The maximum atomic E-state index is 12.4. The molecule has 0 atom stereocenters. The van der Waals surface area contributed by atoms with Crippen LogP contribution in [0.3, 0.4) is 0 Å². The number of fused-ring (bicyclic) bond motifs is 1. The summed E-state index contributed by atoms with van der Waals surface area (Å²) in [6.45, 7) is 1.90. The highest BCUT2D eigenvalue weighted by Crippen LogP contribution is 2.20. The number of nitrogens with zero attached hydrogens (tertiary/aromatic N) is 1. The van der Waals surface area contributed by atoms with Gasteiger partial charge in [-0.1, -0.05) is 37.5 Å². The summed E-state index contributed by atoms with van der Waals surface area (Å²) >= 11 is 0. The molecular formula is C17H20N2O. The highest BCUT2D eigenvalue weighted by molar-refractivity contribution is 5.98. The van der Waals surface area contributed by atoms with E-state index in [-0.39, 0.29) is 5.91 Å². The Balaban J connectivity index is 1.84. The number of hydrogen-bond donors (Lipinski definition) is 1. The summed E-state index contributed by atoms with van der Waals surface area (Å²) in [5.74, 6) is 0.0210. The van der Waals surface area contributed by atoms with E-state index >= 15 is 0 Å². The van der Waals surface area contributed by atoms with Gasteiger partial charge in [-0.25, -0.2) is 0 Å². The number of para-hydroxylation sites is 1. The highest BCUT2D eigenvalue weighted by Gasteiger charge is 2.18. The number of aromatic nitrogens is 1. The number of nitrogens with one attached hydrogen (secondary N) is 1. The van der Waals surface area contributed by atoms with E-state index in [2.05, 4.69) is 10.3 Å². The van der Waals surface area contributed by atoms with Gasteiger partial charge in [-0.05, 0) is 31.9 Å². The molecular weight excluding hydrogens is 248 g/mol. The van der Waals surface area contributed by atoms with Gasteiger partial charge in [0.05, 0.1) is 16.8 Å². The van der Waals surface area contributed by atoms with Gasteiger partial charge in [0, 0.05) is 11.4 Å². The predicted octanol–water partition coefficient (Wildman–Crippen LogP) is 3.61. The Labute approximate surface area is 119 Å². The molecule has 1 N–H and O–H groups in total. The summed E-state index contributed by atoms with van der Waals surface area (Å²) < 4.78 is 0. The first-order chi connectivity index (χ1) is 9.74. The Hall–Kier alpha value is -1.90. The van der Waals surface area contributed by atoms with Gasteiger partial charge in [0.15, 0.2) is 0 Å². The van der Waals surface area contributed by atoms with Crippen LogP contribution in [0.5, 0.6) is 0 Å². The molecule has 1 heterocycles. The second-order valence-electron chi connectivity index (χ2n) is 5.62. The number of carbonyl (C=O) groups is 1. The van der Waals surface area contributed by atoms with Gasteiger partial charge in [-0.15, -0.1) is 0 Å². The molecule has 0 bridgehead atoms. The zero-order chi connectivity index (χ0) is 13.9. The number of hydrogen-bond acceptors (Lipinski definition) is 2. The van der Waals surface area contributed by atoms with Crippen LogP contribution < -0.4 is 5.32 Å². The Kier molecular flexibility index (Phi) is 3.68. The number of pyridine rings is 1. The molecule has 104 valence electrons. The van der Waals surface area contributed by atoms with Crippen molar-refractivity contribution in [3.8, 4) is 0 Å². The molecule has 1 fully saturated rings. The molecule has 0 radical (unpaired) electrons. The van der Waals surface area contributed by atoms with E-state index in [0.717, 1.165) is 29.4 Å². The Bertz CT molecular complexity index is 630. The van der Waals surface area contributed by atoms with Crippen molar-refractivity contribution < 1.29 is 4.79 Å². The van der Waals surface area contributed by atoms with Gasteiger partial charge < -0.3 is 5.32 Å². The molecule has 3 nitrogen and oxygen atoms in total. The third-order valence-electron chi connectivity index (χ3n) is 4.10. The van der Waals surface area contributed by atoms with Crippen LogP contribution in [0, 0.1) is 6.92 Å². The van der Waals surface area contributed by atoms with Crippen molar-refractivity contribution in [2.75, 3.05) is 0 Å². The Morgan fingerprint density at radius 2 is 1.95 bits per heavy atom. The van der Waals surface area contributed by atoms with Gasteiger partial charge in [-0.2, -0.15) is 0 Å². The average molecular weight is 268 g/mol. The molecule has 20 heavy (non-hydrogen) atoms. The maximum Gasteiger partial charge on any atom is 0.253 e. The number of carbonyl (C=O) groups excluding carboxylic acids is 1. The lowest BCUT2D eigenvalue weighted by atomic mass is 9.95. The molecule has 0 saturated heterocycles. The number of rotatable bonds is 2. The van der Waals surface area contributed by atoms with Crippen molar-refractivity contribution in [1.29, 1.82) is 0 Å². The molecule has 1 aromatic carbocycles. The normalized spacial score (nSPS) is 16.2. The van der Waals surface area contributed by atoms with Crippen molar-refractivity contribution >= 4 is 16.8 Å². The van der Waals surface area contributed by atoms with Gasteiger partial charge in [0.2, 0.25) is 0 Å². The van der Waals surface area contributed by atoms with Crippen molar-refractivity contribution in [3.63, 3.8) is 0 Å². The first-order valence-electron chi connectivity index (χ1n) is 7.41. The zero-order valence-corrected chi connectivity index (χ0v) is 11.9. The largest absolute Gasteiger partial charge is 0.349 e. The van der Waals surface area contributed by atoms with E-state index in [4.69, 9.17) is 0 Å². The Morgan fingerprint density at radius 1 is 1.20 bits per heavy atom. The summed E-state index contributed by atoms with van der Waals surface area (Å²) in [5.41, 5.74) is 2.45. The van der Waals surface area contributed by atoms with Gasteiger partial charge in [0.25, 0.3) is 5.91 Å². The van der Waals surface area contributed by atoms with E-state index < -0.39 is 0 Å². The van der Waals surface area contributed by atoms with Crippen molar-refractivity contribution in [3.05, 3.63) is 41.6 Å². The predicted molar refractivity (Wildman–Crippen MR) is 80.8 cm³/mol. The van der Waals surface area contributed by atoms with E-state index in [1.54, 1.807) is 0 Å². The first kappa shape index (κ1) is 13.1. The maximum absolute atomic E-state index is 12.4. The summed E-state index contributed by atoms with van der Waals surface area (Å²) in [5, 5.41) is 4.18. The fraction of sp³-hybridized carbons (Fsp3) is 0.412. The fourth-order valence-electron chi connectivity index (χ4n) is 2.95. The molecule has 0 aliphatic heterocycles. The number of amides is 1. The SMILES string of the molecule is Cc1nc2ccccc2cc1C(=O)NC1CCCCC1. The van der Waals surface area contributed by atoms with Gasteiger partial charge >= 0.3 is 0 Å². The molecule has 3 heteroatoms. The monoisotopic (exact) mass is 268 g/mol. The minimum atomic E-state index is 0.0210. The average Bonchev–Trinajstić information content (AvgIpc) is 2.47. The number of benzene rings is 1. The molecule has 0 unspecified atom stereocenters. The molecule has 0 spiro atoms. The fourth-order valence-corrected chi connectivity index (χ4v) is 2.95. The van der Waals surface area contributed by atoms with Crippen LogP contribution >= 0.6 is 0 Å². The molecule has 1 aliphatic carbocycles. The second-order valence-corrected chi connectivity index (χ2v) is 5.62. The minimum absolute atomic E-state index is 0.0210. The summed E-state index contributed by atoms with van der Waals surface area (Å²) in [7, 11) is 0. The summed E-state index contributed by atoms with van der Waals surface area (Å²) in [6, 6.07) is 10.2. The molecule has 1 aromatic heterocycles. The summed E-state index contributed by atoms with van der Waals surface area (Å²) in [6.07, 6.45) is 5.94. The second kappa shape index (κ2) is 5.61. The van der Waals surface area contributed by atoms with Crippen LogP contribution in [0.2, 0.25) is 0 Å². The lowest BCUT2D eigenvalue weighted by molar-refractivity contribution is 0.0927. The standard InChI is InChI=1S/C17H20N2O/c1-12-15(11-13-7-5-6-10-16(13)18-12)17(20)19-14-8-3-2-4-9-14/h5-7,10-11,14H,2-4,8-9H2,1H3,(H,19,20). The van der Waals surface area contributed by atoms with Gasteiger partial charge in [0.1, 0.15) is 0 Å². The van der Waals surface area contributed by atoms with Crippen LogP contribution in [0.25, 0.3) is 10.9 Å². The van der Waals surface area contributed by atoms with Gasteiger partial charge in [-0.3, -0.25) is 9.78 Å². The molecule has 1 saturated carbocycles. The van der Waals surface area contributed by atoms with E-state index in [0.29, 0.717) is 11.6 Å². The van der Waals surface area contributed by atoms with E-state index in [1.807, 2.05) is 37.3 Å². The van der Waals surface area contributed by atoms with Crippen LogP contribution in [0.4, 0.5) is 0 Å². The van der Waals surface area contributed by atoms with Crippen molar-refractivity contribution in [2.24, 2.45) is 0 Å². The van der Waals surface area contributed by atoms with Crippen LogP contribution in [-0.4, -0.2) is 16.9 Å². The minimum Gasteiger partial charge on any atom is -0.349 e. The third-order valence-corrected chi connectivity index (χ3v) is 4.10.